The largest absolute Gasteiger partial charge is 0.282 e. The van der Waals surface area contributed by atoms with Gasteiger partial charge >= 0.3 is 0 Å². The van der Waals surface area contributed by atoms with E-state index >= 15 is 0 Å². The quantitative estimate of drug-likeness (QED) is 0.594. The highest BCUT2D eigenvalue weighted by Gasteiger charge is 2.32. The first-order chi connectivity index (χ1) is 12.7. The van der Waals surface area contributed by atoms with Crippen LogP contribution in [-0.4, -0.2) is 11.7 Å². The Morgan fingerprint density at radius 3 is 2.23 bits per heavy atom. The Morgan fingerprint density at radius 1 is 0.846 bits per heavy atom. The van der Waals surface area contributed by atoms with E-state index in [1.807, 2.05) is 72.8 Å². The molecule has 3 aromatic rings. The molecule has 0 atom stereocenters. The Bertz CT molecular complexity index is 1010. The van der Waals surface area contributed by atoms with Crippen LogP contribution in [0.4, 0.5) is 5.69 Å². The highest BCUT2D eigenvalue weighted by Crippen LogP contribution is 2.29. The molecule has 4 rings (SSSR count). The molecule has 0 bridgehead atoms. The molecule has 1 aliphatic rings. The Balaban J connectivity index is 1.84. The van der Waals surface area contributed by atoms with Gasteiger partial charge in [-0.3, -0.25) is 9.69 Å². The first-order valence-corrected chi connectivity index (χ1v) is 8.61. The van der Waals surface area contributed by atoms with Crippen molar-refractivity contribution in [3.8, 4) is 0 Å². The number of anilines is 1. The number of benzene rings is 3. The fraction of sp³-hybridized carbons (Fsp3) is 0. The van der Waals surface area contributed by atoms with E-state index < -0.39 is 0 Å². The minimum Gasteiger partial charge on any atom is -0.266 e. The van der Waals surface area contributed by atoms with Gasteiger partial charge in [-0.05, 0) is 29.8 Å². The molecule has 0 unspecified atom stereocenters. The average molecular weight is 359 g/mol. The summed E-state index contributed by atoms with van der Waals surface area (Å²) in [4.78, 5) is 19.3. The van der Waals surface area contributed by atoms with Gasteiger partial charge in [0.1, 0.15) is 11.5 Å². The zero-order chi connectivity index (χ0) is 17.9. The summed E-state index contributed by atoms with van der Waals surface area (Å²) in [6.45, 7) is 0. The summed E-state index contributed by atoms with van der Waals surface area (Å²) in [5.41, 5.74) is 2.90. The van der Waals surface area contributed by atoms with Gasteiger partial charge in [-0.15, -0.1) is 0 Å². The Morgan fingerprint density at radius 2 is 1.54 bits per heavy atom. The molecule has 0 radical (unpaired) electrons. The highest BCUT2D eigenvalue weighted by atomic mass is 35.5. The molecule has 1 aliphatic heterocycles. The third kappa shape index (κ3) is 3.17. The van der Waals surface area contributed by atoms with Crippen molar-refractivity contribution < 1.29 is 4.79 Å². The molecule has 0 spiro atoms. The summed E-state index contributed by atoms with van der Waals surface area (Å²) in [5.74, 6) is 0.426. The van der Waals surface area contributed by atoms with E-state index in [4.69, 9.17) is 11.6 Å². The van der Waals surface area contributed by atoms with Crippen molar-refractivity contribution in [2.75, 3.05) is 4.90 Å². The van der Waals surface area contributed by atoms with Gasteiger partial charge in [-0.1, -0.05) is 78.3 Å². The van der Waals surface area contributed by atoms with Gasteiger partial charge in [-0.2, -0.15) is 0 Å². The number of halogens is 1. The molecule has 0 saturated heterocycles. The van der Waals surface area contributed by atoms with Crippen LogP contribution >= 0.6 is 11.6 Å². The van der Waals surface area contributed by atoms with Crippen LogP contribution in [0.5, 0.6) is 0 Å². The molecule has 0 aromatic heterocycles. The standard InChI is InChI=1S/C22H15ClN2O/c23-18-12-7-13-19(15-18)25-21(17-10-5-2-6-11-17)24-20(22(25)26)14-16-8-3-1-4-9-16/h1-15H. The second-order valence-electron chi connectivity index (χ2n) is 5.86. The molecule has 1 amide bonds. The summed E-state index contributed by atoms with van der Waals surface area (Å²) < 4.78 is 0. The second-order valence-corrected chi connectivity index (χ2v) is 6.30. The topological polar surface area (TPSA) is 32.7 Å². The summed E-state index contributed by atoms with van der Waals surface area (Å²) in [5, 5.41) is 0.572. The minimum absolute atomic E-state index is 0.171. The van der Waals surface area contributed by atoms with E-state index in [2.05, 4.69) is 4.99 Å². The SMILES string of the molecule is O=C1C(=Cc2ccccc2)N=C(c2ccccc2)N1c1cccc(Cl)c1. The van der Waals surface area contributed by atoms with Gasteiger partial charge < -0.3 is 0 Å². The van der Waals surface area contributed by atoms with Gasteiger partial charge in [0, 0.05) is 10.6 Å². The van der Waals surface area contributed by atoms with E-state index in [-0.39, 0.29) is 5.91 Å². The van der Waals surface area contributed by atoms with E-state index in [1.165, 1.54) is 0 Å². The van der Waals surface area contributed by atoms with Crippen LogP contribution in [0.15, 0.2) is 95.6 Å². The van der Waals surface area contributed by atoms with Crippen LogP contribution in [0, 0.1) is 0 Å². The van der Waals surface area contributed by atoms with E-state index in [9.17, 15) is 4.79 Å². The minimum atomic E-state index is -0.171. The number of nitrogens with zero attached hydrogens (tertiary/aromatic N) is 2. The summed E-state index contributed by atoms with van der Waals surface area (Å²) in [6, 6.07) is 26.6. The number of hydrogen-bond acceptors (Lipinski definition) is 2. The van der Waals surface area contributed by atoms with Crippen LogP contribution in [0.3, 0.4) is 0 Å². The Hall–Kier alpha value is -3.17. The van der Waals surface area contributed by atoms with Crippen LogP contribution in [0.2, 0.25) is 5.02 Å². The molecule has 0 N–H and O–H groups in total. The smallest absolute Gasteiger partial charge is 0.266 e. The van der Waals surface area contributed by atoms with Crippen LogP contribution in [0.25, 0.3) is 6.08 Å². The zero-order valence-corrected chi connectivity index (χ0v) is 14.6. The maximum atomic E-state index is 13.1. The molecule has 26 heavy (non-hydrogen) atoms. The van der Waals surface area contributed by atoms with Crippen molar-refractivity contribution in [3.63, 3.8) is 0 Å². The van der Waals surface area contributed by atoms with Crippen molar-refractivity contribution in [2.24, 2.45) is 4.99 Å². The predicted molar refractivity (Wildman–Crippen MR) is 106 cm³/mol. The molecule has 3 aromatic carbocycles. The maximum Gasteiger partial charge on any atom is 0.282 e. The number of carbonyl (C=O) groups excluding carboxylic acids is 1. The molecule has 1 heterocycles. The number of amidine groups is 1. The van der Waals surface area contributed by atoms with Crippen molar-refractivity contribution in [1.82, 2.24) is 0 Å². The molecular formula is C22H15ClN2O. The van der Waals surface area contributed by atoms with E-state index in [0.29, 0.717) is 22.2 Å². The lowest BCUT2D eigenvalue weighted by atomic mass is 10.1. The van der Waals surface area contributed by atoms with Crippen molar-refractivity contribution in [1.29, 1.82) is 0 Å². The van der Waals surface area contributed by atoms with Gasteiger partial charge in [0.05, 0.1) is 5.69 Å². The maximum absolute atomic E-state index is 13.1. The van der Waals surface area contributed by atoms with Gasteiger partial charge in [0.2, 0.25) is 0 Å². The van der Waals surface area contributed by atoms with Gasteiger partial charge in [0.25, 0.3) is 5.91 Å². The van der Waals surface area contributed by atoms with E-state index in [0.717, 1.165) is 11.1 Å². The van der Waals surface area contributed by atoms with Crippen LogP contribution in [-0.2, 0) is 4.79 Å². The average Bonchev–Trinajstić information content (AvgIpc) is 3.00. The summed E-state index contributed by atoms with van der Waals surface area (Å²) in [7, 11) is 0. The normalized spacial score (nSPS) is 15.4. The Labute approximate surface area is 156 Å². The number of rotatable bonds is 3. The third-order valence-corrected chi connectivity index (χ3v) is 4.30. The van der Waals surface area contributed by atoms with Crippen LogP contribution < -0.4 is 4.90 Å². The first kappa shape index (κ1) is 16.3. The lowest BCUT2D eigenvalue weighted by Gasteiger charge is -2.18. The van der Waals surface area contributed by atoms with Crippen LogP contribution in [0.1, 0.15) is 11.1 Å². The zero-order valence-electron chi connectivity index (χ0n) is 13.8. The summed E-state index contributed by atoms with van der Waals surface area (Å²) >= 11 is 6.14. The van der Waals surface area contributed by atoms with Crippen molar-refractivity contribution >= 4 is 35.1 Å². The number of carbonyl (C=O) groups is 1. The molecular weight excluding hydrogens is 344 g/mol. The van der Waals surface area contributed by atoms with E-state index in [1.54, 1.807) is 23.1 Å². The fourth-order valence-corrected chi connectivity index (χ4v) is 3.04. The fourth-order valence-electron chi connectivity index (χ4n) is 2.86. The first-order valence-electron chi connectivity index (χ1n) is 8.23. The molecule has 0 aliphatic carbocycles. The number of aliphatic imine (C=N–C) groups is 1. The second kappa shape index (κ2) is 6.98. The molecule has 0 fully saturated rings. The molecule has 126 valence electrons. The molecule has 3 nitrogen and oxygen atoms in total. The summed E-state index contributed by atoms with van der Waals surface area (Å²) in [6.07, 6.45) is 1.80. The monoisotopic (exact) mass is 358 g/mol. The van der Waals surface area contributed by atoms with Gasteiger partial charge in [0.15, 0.2) is 0 Å². The Kier molecular flexibility index (Phi) is 4.38. The third-order valence-electron chi connectivity index (χ3n) is 4.06. The highest BCUT2D eigenvalue weighted by molar-refractivity contribution is 6.34. The molecule has 0 saturated carbocycles. The number of hydrogen-bond donors (Lipinski definition) is 0. The molecule has 4 heteroatoms. The lowest BCUT2D eigenvalue weighted by molar-refractivity contribution is -0.113. The lowest BCUT2D eigenvalue weighted by Crippen LogP contribution is -2.32. The van der Waals surface area contributed by atoms with Gasteiger partial charge in [-0.25, -0.2) is 4.99 Å². The van der Waals surface area contributed by atoms with Crippen molar-refractivity contribution in [3.05, 3.63) is 107 Å². The van der Waals surface area contributed by atoms with Crippen molar-refractivity contribution in [2.45, 2.75) is 0 Å². The number of amides is 1. The predicted octanol–water partition coefficient (Wildman–Crippen LogP) is 5.17.